The summed E-state index contributed by atoms with van der Waals surface area (Å²) in [6.07, 6.45) is 1.41. The third-order valence-electron chi connectivity index (χ3n) is 2.45. The van der Waals surface area contributed by atoms with Gasteiger partial charge in [0.05, 0.1) is 19.0 Å². The van der Waals surface area contributed by atoms with E-state index in [1.807, 2.05) is 0 Å². The van der Waals surface area contributed by atoms with E-state index in [2.05, 4.69) is 20.4 Å². The molecule has 3 N–H and O–H groups in total. The maximum absolute atomic E-state index is 12.1. The molecule has 1 amide bonds. The Labute approximate surface area is 109 Å². The Kier molecular flexibility index (Phi) is 3.32. The van der Waals surface area contributed by atoms with Crippen molar-refractivity contribution in [1.29, 1.82) is 0 Å². The summed E-state index contributed by atoms with van der Waals surface area (Å²) >= 11 is 0. The molecule has 0 unspecified atom stereocenters. The maximum Gasteiger partial charge on any atom is 0.278 e. The Morgan fingerprint density at radius 2 is 2.21 bits per heavy atom. The molecule has 100 valence electrons. The standard InChI is InChI=1S/C11H14N6O2/c1-6-4-8(19-3)15-11(14-6)16-10(18)9-7(12)5-13-17(9)2/h4-5H,12H2,1-3H3,(H,14,15,16,18). The van der Waals surface area contributed by atoms with E-state index < -0.39 is 5.91 Å². The molecule has 2 aromatic heterocycles. The van der Waals surface area contributed by atoms with E-state index in [1.54, 1.807) is 20.0 Å². The smallest absolute Gasteiger partial charge is 0.278 e. The molecule has 0 saturated heterocycles. The third-order valence-corrected chi connectivity index (χ3v) is 2.45. The zero-order valence-electron chi connectivity index (χ0n) is 10.8. The van der Waals surface area contributed by atoms with Gasteiger partial charge in [-0.3, -0.25) is 14.8 Å². The molecule has 0 radical (unpaired) electrons. The number of rotatable bonds is 3. The van der Waals surface area contributed by atoms with Crippen molar-refractivity contribution in [3.63, 3.8) is 0 Å². The second-order valence-electron chi connectivity index (χ2n) is 3.90. The van der Waals surface area contributed by atoms with Crippen molar-refractivity contribution in [2.24, 2.45) is 7.05 Å². The average Bonchev–Trinajstić information content (AvgIpc) is 2.68. The van der Waals surface area contributed by atoms with Crippen molar-refractivity contribution in [3.05, 3.63) is 23.7 Å². The van der Waals surface area contributed by atoms with Gasteiger partial charge in [0.1, 0.15) is 5.69 Å². The molecule has 0 saturated carbocycles. The van der Waals surface area contributed by atoms with Gasteiger partial charge in [0.25, 0.3) is 5.91 Å². The lowest BCUT2D eigenvalue weighted by atomic mass is 10.3. The Morgan fingerprint density at radius 1 is 1.47 bits per heavy atom. The van der Waals surface area contributed by atoms with Gasteiger partial charge in [-0.2, -0.15) is 10.1 Å². The first-order valence-corrected chi connectivity index (χ1v) is 5.49. The lowest BCUT2D eigenvalue weighted by molar-refractivity contribution is 0.101. The van der Waals surface area contributed by atoms with Crippen molar-refractivity contribution in [3.8, 4) is 5.88 Å². The zero-order valence-corrected chi connectivity index (χ0v) is 10.8. The number of ether oxygens (including phenoxy) is 1. The minimum atomic E-state index is -0.426. The number of aryl methyl sites for hydroxylation is 2. The van der Waals surface area contributed by atoms with Gasteiger partial charge in [0.2, 0.25) is 11.8 Å². The third kappa shape index (κ3) is 2.62. The summed E-state index contributed by atoms with van der Waals surface area (Å²) < 4.78 is 6.40. The van der Waals surface area contributed by atoms with Crippen LogP contribution < -0.4 is 15.8 Å². The van der Waals surface area contributed by atoms with Crippen LogP contribution in [0.3, 0.4) is 0 Å². The van der Waals surface area contributed by atoms with E-state index >= 15 is 0 Å². The summed E-state index contributed by atoms with van der Waals surface area (Å²) in [6, 6.07) is 1.66. The van der Waals surface area contributed by atoms with Crippen molar-refractivity contribution in [2.75, 3.05) is 18.2 Å². The summed E-state index contributed by atoms with van der Waals surface area (Å²) in [4.78, 5) is 20.2. The highest BCUT2D eigenvalue weighted by Crippen LogP contribution is 2.14. The molecular formula is C11H14N6O2. The highest BCUT2D eigenvalue weighted by atomic mass is 16.5. The summed E-state index contributed by atoms with van der Waals surface area (Å²) in [6.45, 7) is 1.78. The fourth-order valence-corrected chi connectivity index (χ4v) is 1.59. The number of nitrogen functional groups attached to an aromatic ring is 1. The number of nitrogens with one attached hydrogen (secondary N) is 1. The summed E-state index contributed by atoms with van der Waals surface area (Å²) in [7, 11) is 3.12. The monoisotopic (exact) mass is 262 g/mol. The van der Waals surface area contributed by atoms with Crippen LogP contribution in [0, 0.1) is 6.92 Å². The molecule has 0 aliphatic heterocycles. The number of anilines is 2. The summed E-state index contributed by atoms with van der Waals surface area (Å²) in [5, 5.41) is 6.46. The molecule has 0 aliphatic carbocycles. The Balaban J connectivity index is 2.26. The van der Waals surface area contributed by atoms with Crippen LogP contribution in [0.15, 0.2) is 12.3 Å². The molecule has 8 heteroatoms. The van der Waals surface area contributed by atoms with Crippen molar-refractivity contribution in [2.45, 2.75) is 6.92 Å². The molecule has 2 rings (SSSR count). The molecule has 0 atom stereocenters. The molecule has 19 heavy (non-hydrogen) atoms. The van der Waals surface area contributed by atoms with E-state index in [0.717, 1.165) is 0 Å². The lowest BCUT2D eigenvalue weighted by Gasteiger charge is -2.07. The van der Waals surface area contributed by atoms with Crippen LogP contribution >= 0.6 is 0 Å². The molecule has 8 nitrogen and oxygen atoms in total. The zero-order chi connectivity index (χ0) is 14.0. The number of carbonyl (C=O) groups is 1. The normalized spacial score (nSPS) is 10.3. The van der Waals surface area contributed by atoms with Crippen LogP contribution in [0.4, 0.5) is 11.6 Å². The fraction of sp³-hybridized carbons (Fsp3) is 0.273. The van der Waals surface area contributed by atoms with Gasteiger partial charge >= 0.3 is 0 Å². The van der Waals surface area contributed by atoms with Crippen LogP contribution in [-0.2, 0) is 7.05 Å². The average molecular weight is 262 g/mol. The van der Waals surface area contributed by atoms with Crippen LogP contribution in [0.25, 0.3) is 0 Å². The van der Waals surface area contributed by atoms with E-state index in [1.165, 1.54) is 18.0 Å². The largest absolute Gasteiger partial charge is 0.481 e. The van der Waals surface area contributed by atoms with Gasteiger partial charge < -0.3 is 10.5 Å². The van der Waals surface area contributed by atoms with E-state index in [0.29, 0.717) is 17.3 Å². The van der Waals surface area contributed by atoms with Crippen LogP contribution in [0.5, 0.6) is 5.88 Å². The van der Waals surface area contributed by atoms with Gasteiger partial charge in [0.15, 0.2) is 0 Å². The minimum absolute atomic E-state index is 0.155. The molecule has 0 aromatic carbocycles. The lowest BCUT2D eigenvalue weighted by Crippen LogP contribution is -2.19. The number of nitrogens with two attached hydrogens (primary N) is 1. The SMILES string of the molecule is COc1cc(C)nc(NC(=O)c2c(N)cnn2C)n1. The van der Waals surface area contributed by atoms with Gasteiger partial charge in [-0.1, -0.05) is 0 Å². The first kappa shape index (κ1) is 12.8. The van der Waals surface area contributed by atoms with Gasteiger partial charge in [-0.25, -0.2) is 4.98 Å². The van der Waals surface area contributed by atoms with Gasteiger partial charge in [-0.05, 0) is 6.92 Å². The van der Waals surface area contributed by atoms with E-state index in [-0.39, 0.29) is 11.6 Å². The number of nitrogens with zero attached hydrogens (tertiary/aromatic N) is 4. The number of carbonyl (C=O) groups excluding carboxylic acids is 1. The second kappa shape index (κ2) is 4.92. The topological polar surface area (TPSA) is 108 Å². The highest BCUT2D eigenvalue weighted by molar-refractivity contribution is 6.05. The molecule has 0 aliphatic rings. The van der Waals surface area contributed by atoms with Crippen molar-refractivity contribution in [1.82, 2.24) is 19.7 Å². The molecule has 0 fully saturated rings. The number of aromatic nitrogens is 4. The van der Waals surface area contributed by atoms with Gasteiger partial charge in [0, 0.05) is 18.8 Å². The predicted molar refractivity (Wildman–Crippen MR) is 68.9 cm³/mol. The Hall–Kier alpha value is -2.64. The minimum Gasteiger partial charge on any atom is -0.481 e. The molecule has 0 bridgehead atoms. The predicted octanol–water partition coefficient (Wildman–Crippen LogP) is 0.362. The Bertz CT molecular complexity index is 602. The quantitative estimate of drug-likeness (QED) is 0.826. The second-order valence-corrected chi connectivity index (χ2v) is 3.90. The first-order chi connectivity index (χ1) is 9.01. The maximum atomic E-state index is 12.1. The first-order valence-electron chi connectivity index (χ1n) is 5.49. The molecule has 2 aromatic rings. The number of hydrogen-bond donors (Lipinski definition) is 2. The molecule has 2 heterocycles. The molecular weight excluding hydrogens is 248 g/mol. The Morgan fingerprint density at radius 3 is 2.79 bits per heavy atom. The van der Waals surface area contributed by atoms with Crippen LogP contribution in [0.1, 0.15) is 16.2 Å². The highest BCUT2D eigenvalue weighted by Gasteiger charge is 2.16. The van der Waals surface area contributed by atoms with Crippen molar-refractivity contribution < 1.29 is 9.53 Å². The van der Waals surface area contributed by atoms with Crippen LogP contribution in [-0.4, -0.2) is 32.8 Å². The summed E-state index contributed by atoms with van der Waals surface area (Å²) in [5.41, 5.74) is 6.90. The number of methoxy groups -OCH3 is 1. The fourth-order valence-electron chi connectivity index (χ4n) is 1.59. The summed E-state index contributed by atoms with van der Waals surface area (Å²) in [5.74, 6) is 0.105. The van der Waals surface area contributed by atoms with Gasteiger partial charge in [-0.15, -0.1) is 0 Å². The van der Waals surface area contributed by atoms with E-state index in [9.17, 15) is 4.79 Å². The number of amides is 1. The molecule has 0 spiro atoms. The van der Waals surface area contributed by atoms with E-state index in [4.69, 9.17) is 10.5 Å². The number of hydrogen-bond acceptors (Lipinski definition) is 6. The van der Waals surface area contributed by atoms with Crippen molar-refractivity contribution >= 4 is 17.5 Å². The van der Waals surface area contributed by atoms with Crippen LogP contribution in [0.2, 0.25) is 0 Å².